The molecule has 7 nitrogen and oxygen atoms in total. The van der Waals surface area contributed by atoms with Gasteiger partial charge in [-0.3, -0.25) is 14.4 Å². The molecule has 3 aromatic rings. The molecule has 2 aliphatic rings. The average Bonchev–Trinajstić information content (AvgIpc) is 3.11. The largest absolute Gasteiger partial charge is 0.466 e. The summed E-state index contributed by atoms with van der Waals surface area (Å²) < 4.78 is 5.31. The highest BCUT2D eigenvalue weighted by molar-refractivity contribution is 6.42. The Morgan fingerprint density at radius 1 is 0.936 bits per heavy atom. The van der Waals surface area contributed by atoms with E-state index in [4.69, 9.17) is 27.9 Å². The fourth-order valence-corrected chi connectivity index (χ4v) is 7.45. The van der Waals surface area contributed by atoms with E-state index in [1.807, 2.05) is 85.6 Å². The number of amides is 2. The molecule has 0 spiro atoms. The van der Waals surface area contributed by atoms with Crippen LogP contribution in [0.3, 0.4) is 0 Å². The van der Waals surface area contributed by atoms with Crippen molar-refractivity contribution in [2.75, 3.05) is 52.9 Å². The molecule has 2 fully saturated rings. The average molecular weight is 679 g/mol. The third-order valence-corrected chi connectivity index (χ3v) is 10.6. The predicted molar refractivity (Wildman–Crippen MR) is 187 cm³/mol. The summed E-state index contributed by atoms with van der Waals surface area (Å²) in [6.45, 7) is 6.11. The first kappa shape index (κ1) is 34.9. The molecule has 2 saturated heterocycles. The monoisotopic (exact) mass is 677 g/mol. The Morgan fingerprint density at radius 2 is 1.62 bits per heavy atom. The summed E-state index contributed by atoms with van der Waals surface area (Å²) in [6.07, 6.45) is 3.74. The van der Waals surface area contributed by atoms with E-state index in [2.05, 4.69) is 17.0 Å². The van der Waals surface area contributed by atoms with Gasteiger partial charge < -0.3 is 19.4 Å². The minimum Gasteiger partial charge on any atom is -0.466 e. The van der Waals surface area contributed by atoms with E-state index < -0.39 is 5.41 Å². The first-order valence-electron chi connectivity index (χ1n) is 16.7. The summed E-state index contributed by atoms with van der Waals surface area (Å²) in [6, 6.07) is 25.2. The molecule has 2 heterocycles. The van der Waals surface area contributed by atoms with Crippen molar-refractivity contribution in [3.63, 3.8) is 0 Å². The zero-order valence-electron chi connectivity index (χ0n) is 27.4. The molecule has 0 bridgehead atoms. The van der Waals surface area contributed by atoms with Crippen molar-refractivity contribution in [2.24, 2.45) is 5.92 Å². The van der Waals surface area contributed by atoms with E-state index in [9.17, 15) is 14.4 Å². The fourth-order valence-electron chi connectivity index (χ4n) is 7.14. The minimum atomic E-state index is -0.639. The standard InChI is InChI=1S/C38H45Cl2N3O4/c1-3-47-36(45)31-13-10-21-43(27-31)37(46)38(32-14-8-5-9-15-32)19-23-42(24-20-38)22-18-30(29-16-17-33(39)34(40)25-29)26-41(2)35(44)28-11-6-4-7-12-28/h4-9,11-12,14-17,25,30-31H,3,10,13,18-24,26-27H2,1-2H3. The first-order valence-corrected chi connectivity index (χ1v) is 17.5. The second kappa shape index (κ2) is 16.1. The van der Waals surface area contributed by atoms with Gasteiger partial charge in [-0.25, -0.2) is 0 Å². The van der Waals surface area contributed by atoms with Crippen molar-refractivity contribution >= 4 is 41.0 Å². The van der Waals surface area contributed by atoms with Crippen LogP contribution in [0.15, 0.2) is 78.9 Å². The topological polar surface area (TPSA) is 70.2 Å². The number of halogens is 2. The van der Waals surface area contributed by atoms with Crippen LogP contribution in [0.4, 0.5) is 0 Å². The number of hydrogen-bond donors (Lipinski definition) is 0. The molecule has 3 aromatic carbocycles. The second-order valence-corrected chi connectivity index (χ2v) is 13.7. The number of nitrogens with zero attached hydrogens (tertiary/aromatic N) is 3. The summed E-state index contributed by atoms with van der Waals surface area (Å²) in [5, 5.41) is 1.00. The van der Waals surface area contributed by atoms with Gasteiger partial charge >= 0.3 is 5.97 Å². The number of ether oxygens (including phenoxy) is 1. The Bertz CT molecular complexity index is 1510. The first-order chi connectivity index (χ1) is 22.7. The second-order valence-electron chi connectivity index (χ2n) is 12.8. The Labute approximate surface area is 288 Å². The highest BCUT2D eigenvalue weighted by Crippen LogP contribution is 2.39. The molecule has 0 aliphatic carbocycles. The summed E-state index contributed by atoms with van der Waals surface area (Å²) in [7, 11) is 1.84. The lowest BCUT2D eigenvalue weighted by Gasteiger charge is -2.45. The number of rotatable bonds is 11. The van der Waals surface area contributed by atoms with E-state index in [-0.39, 0.29) is 29.6 Å². The Morgan fingerprint density at radius 3 is 2.28 bits per heavy atom. The van der Waals surface area contributed by atoms with Gasteiger partial charge in [0.15, 0.2) is 0 Å². The maximum atomic E-state index is 14.4. The molecule has 2 unspecified atom stereocenters. The zero-order valence-corrected chi connectivity index (χ0v) is 28.9. The smallest absolute Gasteiger partial charge is 0.310 e. The van der Waals surface area contributed by atoms with Gasteiger partial charge in [0, 0.05) is 38.2 Å². The van der Waals surface area contributed by atoms with E-state index in [1.54, 1.807) is 4.90 Å². The minimum absolute atomic E-state index is 0.0253. The van der Waals surface area contributed by atoms with Crippen molar-refractivity contribution in [1.29, 1.82) is 0 Å². The SMILES string of the molecule is CCOC(=O)C1CCCN(C(=O)C2(c3ccccc3)CCN(CCC(CN(C)C(=O)c3ccccc3)c3ccc(Cl)c(Cl)c3)CC2)C1. The molecule has 0 radical (unpaired) electrons. The number of esters is 1. The molecule has 0 saturated carbocycles. The normalized spacial score (nSPS) is 18.7. The molecular weight excluding hydrogens is 633 g/mol. The molecular formula is C38H45Cl2N3O4. The summed E-state index contributed by atoms with van der Waals surface area (Å²) in [5.74, 6) is -0.347. The highest BCUT2D eigenvalue weighted by Gasteiger charge is 2.46. The lowest BCUT2D eigenvalue weighted by molar-refractivity contribution is -0.152. The predicted octanol–water partition coefficient (Wildman–Crippen LogP) is 7.07. The highest BCUT2D eigenvalue weighted by atomic mass is 35.5. The molecule has 9 heteroatoms. The lowest BCUT2D eigenvalue weighted by atomic mass is 9.71. The molecule has 2 atom stereocenters. The van der Waals surface area contributed by atoms with Crippen molar-refractivity contribution in [3.05, 3.63) is 106 Å². The maximum absolute atomic E-state index is 14.4. The molecule has 0 aromatic heterocycles. The molecule has 250 valence electrons. The summed E-state index contributed by atoms with van der Waals surface area (Å²) in [5.41, 5.74) is 2.10. The number of likely N-dealkylation sites (tertiary alicyclic amines) is 2. The van der Waals surface area contributed by atoms with Crippen molar-refractivity contribution < 1.29 is 19.1 Å². The fraction of sp³-hybridized carbons (Fsp3) is 0.447. The third-order valence-electron chi connectivity index (χ3n) is 9.84. The molecule has 2 amide bonds. The summed E-state index contributed by atoms with van der Waals surface area (Å²) >= 11 is 12.7. The van der Waals surface area contributed by atoms with Crippen molar-refractivity contribution in [2.45, 2.75) is 50.4 Å². The Hall–Kier alpha value is -3.39. The lowest BCUT2D eigenvalue weighted by Crippen LogP contribution is -2.55. The Balaban J connectivity index is 1.29. The van der Waals surface area contributed by atoms with Gasteiger partial charge in [0.25, 0.3) is 5.91 Å². The molecule has 47 heavy (non-hydrogen) atoms. The van der Waals surface area contributed by atoms with Crippen LogP contribution < -0.4 is 0 Å². The molecule has 0 N–H and O–H groups in total. The number of carbonyl (C=O) groups is 3. The van der Waals surface area contributed by atoms with Crippen LogP contribution in [0.1, 0.15) is 66.4 Å². The van der Waals surface area contributed by atoms with Crippen LogP contribution in [-0.4, -0.2) is 85.4 Å². The van der Waals surface area contributed by atoms with Crippen LogP contribution in [0.25, 0.3) is 0 Å². The van der Waals surface area contributed by atoms with Crippen LogP contribution in [-0.2, 0) is 19.7 Å². The summed E-state index contributed by atoms with van der Waals surface area (Å²) in [4.78, 5) is 46.3. The number of hydrogen-bond acceptors (Lipinski definition) is 5. The van der Waals surface area contributed by atoms with Gasteiger partial charge in [-0.15, -0.1) is 0 Å². The van der Waals surface area contributed by atoms with Gasteiger partial charge in [0.2, 0.25) is 5.91 Å². The molecule has 5 rings (SSSR count). The number of likely N-dealkylation sites (N-methyl/N-ethyl adjacent to an activating group) is 1. The third kappa shape index (κ3) is 8.37. The van der Waals surface area contributed by atoms with E-state index in [0.717, 1.165) is 50.0 Å². The zero-order chi connectivity index (χ0) is 33.4. The number of piperidine rings is 2. The van der Waals surface area contributed by atoms with Gasteiger partial charge in [0.05, 0.1) is 28.0 Å². The van der Waals surface area contributed by atoms with Crippen LogP contribution in [0, 0.1) is 5.92 Å². The number of benzene rings is 3. The van der Waals surface area contributed by atoms with Crippen molar-refractivity contribution in [1.82, 2.24) is 14.7 Å². The van der Waals surface area contributed by atoms with Crippen molar-refractivity contribution in [3.8, 4) is 0 Å². The maximum Gasteiger partial charge on any atom is 0.310 e. The molecule has 2 aliphatic heterocycles. The van der Waals surface area contributed by atoms with E-state index >= 15 is 0 Å². The van der Waals surface area contributed by atoms with E-state index in [0.29, 0.717) is 54.7 Å². The van der Waals surface area contributed by atoms with Gasteiger partial charge in [-0.2, -0.15) is 0 Å². The Kier molecular flexibility index (Phi) is 12.0. The number of carbonyl (C=O) groups excluding carboxylic acids is 3. The van der Waals surface area contributed by atoms with Gasteiger partial charge in [-0.1, -0.05) is 77.8 Å². The van der Waals surface area contributed by atoms with Gasteiger partial charge in [-0.05, 0) is 94.1 Å². The van der Waals surface area contributed by atoms with Crippen LogP contribution >= 0.6 is 23.2 Å². The van der Waals surface area contributed by atoms with Crippen LogP contribution in [0.5, 0.6) is 0 Å². The quantitative estimate of drug-likeness (QED) is 0.203. The van der Waals surface area contributed by atoms with Gasteiger partial charge in [0.1, 0.15) is 0 Å². The van der Waals surface area contributed by atoms with Crippen LogP contribution in [0.2, 0.25) is 10.0 Å². The van der Waals surface area contributed by atoms with E-state index in [1.165, 1.54) is 0 Å².